The van der Waals surface area contributed by atoms with Crippen molar-refractivity contribution in [3.05, 3.63) is 18.2 Å². The van der Waals surface area contributed by atoms with Gasteiger partial charge in [0.15, 0.2) is 0 Å². The van der Waals surface area contributed by atoms with Gasteiger partial charge in [-0.05, 0) is 13.3 Å². The van der Waals surface area contributed by atoms with Gasteiger partial charge >= 0.3 is 0 Å². The number of rotatable bonds is 2. The van der Waals surface area contributed by atoms with Gasteiger partial charge in [-0.1, -0.05) is 6.92 Å². The molecule has 0 saturated carbocycles. The summed E-state index contributed by atoms with van der Waals surface area (Å²) in [5.74, 6) is 0.260. The number of carbonyl (C=O) groups is 1. The molecular weight excluding hydrogens is 190 g/mol. The number of aryl methyl sites for hydroxylation is 1. The molecule has 1 aliphatic heterocycles. The zero-order valence-electron chi connectivity index (χ0n) is 9.31. The SMILES string of the molecule is CCC(=O)N1CCC(n2cncc2C)C1. The maximum absolute atomic E-state index is 11.5. The molecule has 0 aliphatic carbocycles. The average molecular weight is 207 g/mol. The van der Waals surface area contributed by atoms with Crippen LogP contribution in [-0.2, 0) is 4.79 Å². The lowest BCUT2D eigenvalue weighted by Gasteiger charge is -2.16. The molecule has 1 aromatic rings. The van der Waals surface area contributed by atoms with Crippen LogP contribution < -0.4 is 0 Å². The number of amides is 1. The molecule has 0 aromatic carbocycles. The van der Waals surface area contributed by atoms with Gasteiger partial charge in [0.25, 0.3) is 0 Å². The van der Waals surface area contributed by atoms with E-state index >= 15 is 0 Å². The summed E-state index contributed by atoms with van der Waals surface area (Å²) in [4.78, 5) is 17.6. The first-order chi connectivity index (χ1) is 7.22. The van der Waals surface area contributed by atoms with Gasteiger partial charge in [-0.3, -0.25) is 4.79 Å². The highest BCUT2D eigenvalue weighted by molar-refractivity contribution is 5.76. The minimum absolute atomic E-state index is 0.260. The molecule has 1 fully saturated rings. The van der Waals surface area contributed by atoms with Crippen LogP contribution in [0.4, 0.5) is 0 Å². The number of likely N-dealkylation sites (tertiary alicyclic amines) is 1. The molecule has 0 spiro atoms. The molecule has 1 saturated heterocycles. The quantitative estimate of drug-likeness (QED) is 0.734. The van der Waals surface area contributed by atoms with Crippen molar-refractivity contribution in [2.24, 2.45) is 0 Å². The zero-order chi connectivity index (χ0) is 10.8. The van der Waals surface area contributed by atoms with E-state index in [4.69, 9.17) is 0 Å². The van der Waals surface area contributed by atoms with Crippen LogP contribution in [-0.4, -0.2) is 33.4 Å². The van der Waals surface area contributed by atoms with Crippen LogP contribution in [0.25, 0.3) is 0 Å². The molecule has 1 atom stereocenters. The first-order valence-electron chi connectivity index (χ1n) is 5.48. The number of aromatic nitrogens is 2. The van der Waals surface area contributed by atoms with Crippen molar-refractivity contribution in [1.82, 2.24) is 14.5 Å². The fourth-order valence-electron chi connectivity index (χ4n) is 2.17. The van der Waals surface area contributed by atoms with Gasteiger partial charge in [-0.2, -0.15) is 0 Å². The van der Waals surface area contributed by atoms with E-state index in [2.05, 4.69) is 16.5 Å². The van der Waals surface area contributed by atoms with E-state index in [9.17, 15) is 4.79 Å². The van der Waals surface area contributed by atoms with Crippen LogP contribution in [0.5, 0.6) is 0 Å². The highest BCUT2D eigenvalue weighted by atomic mass is 16.2. The van der Waals surface area contributed by atoms with E-state index in [1.54, 1.807) is 0 Å². The van der Waals surface area contributed by atoms with Crippen molar-refractivity contribution in [2.45, 2.75) is 32.7 Å². The van der Waals surface area contributed by atoms with Crippen LogP contribution in [0.1, 0.15) is 31.5 Å². The lowest BCUT2D eigenvalue weighted by atomic mass is 10.2. The second-order valence-electron chi connectivity index (χ2n) is 4.08. The molecule has 2 rings (SSSR count). The fraction of sp³-hybridized carbons (Fsp3) is 0.636. The Kier molecular flexibility index (Phi) is 2.75. The fourth-order valence-corrected chi connectivity index (χ4v) is 2.17. The molecule has 1 aromatic heterocycles. The first-order valence-corrected chi connectivity index (χ1v) is 5.48. The predicted octanol–water partition coefficient (Wildman–Crippen LogP) is 1.37. The summed E-state index contributed by atoms with van der Waals surface area (Å²) < 4.78 is 2.17. The Hall–Kier alpha value is -1.32. The van der Waals surface area contributed by atoms with Crippen molar-refractivity contribution in [2.75, 3.05) is 13.1 Å². The predicted molar refractivity (Wildman–Crippen MR) is 57.5 cm³/mol. The molecule has 2 heterocycles. The Morgan fingerprint density at radius 1 is 1.67 bits per heavy atom. The second kappa shape index (κ2) is 4.04. The molecule has 1 aliphatic rings. The molecular formula is C11H17N3O. The van der Waals surface area contributed by atoms with Gasteiger partial charge in [0.1, 0.15) is 0 Å². The summed E-state index contributed by atoms with van der Waals surface area (Å²) in [5, 5.41) is 0. The van der Waals surface area contributed by atoms with Crippen LogP contribution in [0.2, 0.25) is 0 Å². The molecule has 4 heteroatoms. The average Bonchev–Trinajstić information content (AvgIpc) is 2.84. The molecule has 0 N–H and O–H groups in total. The normalized spacial score (nSPS) is 20.9. The van der Waals surface area contributed by atoms with E-state index in [1.165, 1.54) is 5.69 Å². The number of hydrogen-bond acceptors (Lipinski definition) is 2. The number of nitrogens with zero attached hydrogens (tertiary/aromatic N) is 3. The van der Waals surface area contributed by atoms with Gasteiger partial charge in [0.05, 0.1) is 12.4 Å². The van der Waals surface area contributed by atoms with Crippen LogP contribution >= 0.6 is 0 Å². The smallest absolute Gasteiger partial charge is 0.222 e. The zero-order valence-corrected chi connectivity index (χ0v) is 9.31. The standard InChI is InChI=1S/C11H17N3O/c1-3-11(15)13-5-4-10(7-13)14-8-12-6-9(14)2/h6,8,10H,3-5,7H2,1-2H3. The Morgan fingerprint density at radius 3 is 3.07 bits per heavy atom. The maximum Gasteiger partial charge on any atom is 0.222 e. The Morgan fingerprint density at radius 2 is 2.47 bits per heavy atom. The topological polar surface area (TPSA) is 38.1 Å². The number of imidazole rings is 1. The van der Waals surface area contributed by atoms with E-state index in [1.807, 2.05) is 24.3 Å². The lowest BCUT2D eigenvalue weighted by Crippen LogP contribution is -2.28. The molecule has 0 bridgehead atoms. The monoisotopic (exact) mass is 207 g/mol. The van der Waals surface area contributed by atoms with Gasteiger partial charge in [-0.25, -0.2) is 4.98 Å². The molecule has 4 nitrogen and oxygen atoms in total. The third kappa shape index (κ3) is 1.89. The lowest BCUT2D eigenvalue weighted by molar-refractivity contribution is -0.129. The van der Waals surface area contributed by atoms with Crippen molar-refractivity contribution < 1.29 is 4.79 Å². The molecule has 0 radical (unpaired) electrons. The Balaban J connectivity index is 2.05. The summed E-state index contributed by atoms with van der Waals surface area (Å²) in [6, 6.07) is 0.419. The second-order valence-corrected chi connectivity index (χ2v) is 4.08. The first kappa shape index (κ1) is 10.2. The molecule has 15 heavy (non-hydrogen) atoms. The van der Waals surface area contributed by atoms with Gasteiger partial charge in [-0.15, -0.1) is 0 Å². The molecule has 1 unspecified atom stereocenters. The number of carbonyl (C=O) groups excluding carboxylic acids is 1. The van der Waals surface area contributed by atoms with Crippen molar-refractivity contribution >= 4 is 5.91 Å². The van der Waals surface area contributed by atoms with Crippen molar-refractivity contribution in [1.29, 1.82) is 0 Å². The summed E-state index contributed by atoms with van der Waals surface area (Å²) in [7, 11) is 0. The van der Waals surface area contributed by atoms with Gasteiger partial charge in [0.2, 0.25) is 5.91 Å². The van der Waals surface area contributed by atoms with Crippen molar-refractivity contribution in [3.63, 3.8) is 0 Å². The Bertz CT molecular complexity index is 358. The molecule has 1 amide bonds. The summed E-state index contributed by atoms with van der Waals surface area (Å²) in [6.45, 7) is 5.69. The van der Waals surface area contributed by atoms with E-state index in [0.717, 1.165) is 19.5 Å². The van der Waals surface area contributed by atoms with Crippen LogP contribution in [0.15, 0.2) is 12.5 Å². The number of hydrogen-bond donors (Lipinski definition) is 0. The van der Waals surface area contributed by atoms with E-state index < -0.39 is 0 Å². The van der Waals surface area contributed by atoms with Gasteiger partial charge < -0.3 is 9.47 Å². The third-order valence-electron chi connectivity index (χ3n) is 3.07. The Labute approximate surface area is 89.9 Å². The summed E-state index contributed by atoms with van der Waals surface area (Å²) in [6.07, 6.45) is 5.38. The summed E-state index contributed by atoms with van der Waals surface area (Å²) >= 11 is 0. The van der Waals surface area contributed by atoms with Crippen LogP contribution in [0, 0.1) is 6.92 Å². The molecule has 82 valence electrons. The maximum atomic E-state index is 11.5. The highest BCUT2D eigenvalue weighted by Gasteiger charge is 2.26. The summed E-state index contributed by atoms with van der Waals surface area (Å²) in [5.41, 5.74) is 1.17. The minimum Gasteiger partial charge on any atom is -0.341 e. The highest BCUT2D eigenvalue weighted by Crippen LogP contribution is 2.23. The van der Waals surface area contributed by atoms with E-state index in [-0.39, 0.29) is 5.91 Å². The largest absolute Gasteiger partial charge is 0.341 e. The van der Waals surface area contributed by atoms with E-state index in [0.29, 0.717) is 12.5 Å². The third-order valence-corrected chi connectivity index (χ3v) is 3.07. The minimum atomic E-state index is 0.260. The van der Waals surface area contributed by atoms with Crippen molar-refractivity contribution in [3.8, 4) is 0 Å². The van der Waals surface area contributed by atoms with Crippen LogP contribution in [0.3, 0.4) is 0 Å². The van der Waals surface area contributed by atoms with Gasteiger partial charge in [0, 0.05) is 31.4 Å².